The molecule has 0 fully saturated rings. The molecule has 0 bridgehead atoms. The fourth-order valence-corrected chi connectivity index (χ4v) is 8.13. The van der Waals surface area contributed by atoms with Gasteiger partial charge in [0.25, 0.3) is 0 Å². The Morgan fingerprint density at radius 3 is 1.60 bits per heavy atom. The van der Waals surface area contributed by atoms with Crippen molar-refractivity contribution in [2.75, 3.05) is 0 Å². The van der Waals surface area contributed by atoms with Gasteiger partial charge in [-0.3, -0.25) is 0 Å². The van der Waals surface area contributed by atoms with Gasteiger partial charge in [-0.1, -0.05) is 152 Å². The summed E-state index contributed by atoms with van der Waals surface area (Å²) in [7, 11) is 0. The van der Waals surface area contributed by atoms with Crippen LogP contribution in [0.25, 0.3) is 88.0 Å². The molecule has 0 N–H and O–H groups in total. The van der Waals surface area contributed by atoms with E-state index in [0.717, 1.165) is 23.8 Å². The van der Waals surface area contributed by atoms with Crippen LogP contribution in [0.2, 0.25) is 0 Å². The van der Waals surface area contributed by atoms with Gasteiger partial charge in [0.2, 0.25) is 0 Å². The van der Waals surface area contributed by atoms with Crippen molar-refractivity contribution in [2.45, 2.75) is 12.8 Å². The Hall–Kier alpha value is -5.92. The molecule has 10 rings (SSSR count). The first kappa shape index (κ1) is 26.3. The monoisotopic (exact) mass is 598 g/mol. The molecule has 8 aromatic carbocycles. The van der Waals surface area contributed by atoms with E-state index in [0.29, 0.717) is 0 Å². The van der Waals surface area contributed by atoms with Crippen LogP contribution >= 0.6 is 0 Å². The minimum absolute atomic E-state index is 0.930. The molecule has 0 unspecified atom stereocenters. The zero-order valence-corrected chi connectivity index (χ0v) is 25.8. The number of fused-ring (bicyclic) bond motifs is 10. The van der Waals surface area contributed by atoms with Crippen molar-refractivity contribution in [1.82, 2.24) is 0 Å². The molecule has 0 aliphatic heterocycles. The summed E-state index contributed by atoms with van der Waals surface area (Å²) in [5, 5.41) is 12.5. The quantitative estimate of drug-likeness (QED) is 0.146. The lowest BCUT2D eigenvalue weighted by Gasteiger charge is -2.20. The van der Waals surface area contributed by atoms with Gasteiger partial charge in [-0.05, 0) is 84.4 Å². The van der Waals surface area contributed by atoms with Gasteiger partial charge in [0.05, 0.1) is 0 Å². The van der Waals surface area contributed by atoms with Crippen molar-refractivity contribution < 1.29 is 4.42 Å². The lowest BCUT2D eigenvalue weighted by atomic mass is 9.83. The van der Waals surface area contributed by atoms with Gasteiger partial charge < -0.3 is 4.42 Å². The predicted octanol–water partition coefficient (Wildman–Crippen LogP) is 11.2. The number of rotatable bonds is 3. The van der Waals surface area contributed by atoms with Crippen LogP contribution in [0, 0.1) is 0 Å². The van der Waals surface area contributed by atoms with Crippen LogP contribution < -0.4 is 10.6 Å². The van der Waals surface area contributed by atoms with Crippen molar-refractivity contribution in [3.05, 3.63) is 168 Å². The van der Waals surface area contributed by atoms with Crippen molar-refractivity contribution in [2.24, 2.45) is 0 Å². The molecule has 220 valence electrons. The fourth-order valence-electron chi connectivity index (χ4n) is 8.13. The second kappa shape index (κ2) is 10.3. The molecule has 9 aromatic rings. The number of hydrogen-bond acceptors (Lipinski definition) is 1. The second-order valence-corrected chi connectivity index (χ2v) is 12.6. The third-order valence-corrected chi connectivity index (χ3v) is 10.1. The van der Waals surface area contributed by atoms with Crippen LogP contribution in [-0.4, -0.2) is 0 Å². The highest BCUT2D eigenvalue weighted by molar-refractivity contribution is 6.24. The van der Waals surface area contributed by atoms with Gasteiger partial charge in [0.15, 0.2) is 0 Å². The summed E-state index contributed by atoms with van der Waals surface area (Å²) in [6.07, 6.45) is 4.31. The van der Waals surface area contributed by atoms with Crippen LogP contribution in [0.4, 0.5) is 0 Å². The van der Waals surface area contributed by atoms with E-state index in [1.54, 1.807) is 0 Å². The van der Waals surface area contributed by atoms with Crippen molar-refractivity contribution in [1.29, 1.82) is 0 Å². The topological polar surface area (TPSA) is 13.1 Å². The van der Waals surface area contributed by atoms with E-state index in [2.05, 4.69) is 158 Å². The molecule has 0 atom stereocenters. The third kappa shape index (κ3) is 3.90. The van der Waals surface area contributed by atoms with E-state index in [4.69, 9.17) is 4.42 Å². The standard InChI is InChI=1S/C46H30O/c1-2-14-29(15-3-1)30-16-12-17-31(28-30)42-35-21-7-9-23-37(35)43(38-24-10-8-22-36(38)42)40-26-13-27-41-44-34-20-6-4-18-32(34)33-19-5-11-25-39(33)46(44)47-45(40)41/h1-12,14-25,27-28H,13,26H2. The van der Waals surface area contributed by atoms with Gasteiger partial charge >= 0.3 is 0 Å². The van der Waals surface area contributed by atoms with Gasteiger partial charge in [-0.25, -0.2) is 0 Å². The minimum Gasteiger partial charge on any atom is -0.455 e. The molecular weight excluding hydrogens is 569 g/mol. The Morgan fingerprint density at radius 1 is 0.404 bits per heavy atom. The second-order valence-electron chi connectivity index (χ2n) is 12.6. The summed E-state index contributed by atoms with van der Waals surface area (Å²) >= 11 is 0. The first-order valence-corrected chi connectivity index (χ1v) is 16.5. The van der Waals surface area contributed by atoms with Gasteiger partial charge in [0, 0.05) is 21.6 Å². The maximum atomic E-state index is 7.09. The summed E-state index contributed by atoms with van der Waals surface area (Å²) < 4.78 is 7.09. The molecule has 0 saturated heterocycles. The summed E-state index contributed by atoms with van der Waals surface area (Å²) in [6.45, 7) is 0. The molecule has 0 saturated carbocycles. The highest BCUT2D eigenvalue weighted by Gasteiger charge is 2.23. The Bertz CT molecular complexity index is 2780. The summed E-state index contributed by atoms with van der Waals surface area (Å²) in [4.78, 5) is 0. The number of benzene rings is 8. The summed E-state index contributed by atoms with van der Waals surface area (Å²) in [5.74, 6) is 0. The van der Waals surface area contributed by atoms with Crippen LogP contribution in [0.15, 0.2) is 156 Å². The Labute approximate surface area is 272 Å². The van der Waals surface area contributed by atoms with E-state index in [9.17, 15) is 0 Å². The molecule has 1 aliphatic carbocycles. The van der Waals surface area contributed by atoms with Crippen molar-refractivity contribution >= 4 is 65.7 Å². The van der Waals surface area contributed by atoms with Crippen molar-refractivity contribution in [3.8, 4) is 22.3 Å². The lowest BCUT2D eigenvalue weighted by Crippen LogP contribution is -2.26. The van der Waals surface area contributed by atoms with Gasteiger partial charge in [-0.15, -0.1) is 0 Å². The molecule has 47 heavy (non-hydrogen) atoms. The summed E-state index contributed by atoms with van der Waals surface area (Å²) in [6, 6.07) is 55.1. The van der Waals surface area contributed by atoms with Gasteiger partial charge in [-0.2, -0.15) is 0 Å². The zero-order valence-electron chi connectivity index (χ0n) is 25.8. The van der Waals surface area contributed by atoms with Crippen LogP contribution in [-0.2, 0) is 0 Å². The fraction of sp³-hybridized carbons (Fsp3) is 0.0435. The molecule has 1 nitrogen and oxygen atoms in total. The smallest absolute Gasteiger partial charge is 0.143 e. The Morgan fingerprint density at radius 2 is 0.915 bits per heavy atom. The molecule has 1 aromatic heterocycles. The van der Waals surface area contributed by atoms with E-state index >= 15 is 0 Å². The highest BCUT2D eigenvalue weighted by atomic mass is 16.3. The summed E-state index contributed by atoms with van der Waals surface area (Å²) in [5.41, 5.74) is 9.56. The number of hydrogen-bond donors (Lipinski definition) is 0. The van der Waals surface area contributed by atoms with Crippen molar-refractivity contribution in [3.63, 3.8) is 0 Å². The third-order valence-electron chi connectivity index (χ3n) is 10.1. The molecule has 0 radical (unpaired) electrons. The SMILES string of the molecule is C1=c2c(oc3c4ccccc4c4ccccc4c23)=C(c2c3ccccc3c(-c3cccc(-c4ccccc4)c3)c3ccccc23)CC1. The van der Waals surface area contributed by atoms with Crippen LogP contribution in [0.1, 0.15) is 18.4 Å². The van der Waals surface area contributed by atoms with E-state index in [-0.39, 0.29) is 0 Å². The van der Waals surface area contributed by atoms with E-state index in [1.165, 1.54) is 87.1 Å². The average molecular weight is 599 g/mol. The highest BCUT2D eigenvalue weighted by Crippen LogP contribution is 2.43. The Balaban J connectivity index is 1.34. The van der Waals surface area contributed by atoms with E-state index < -0.39 is 0 Å². The van der Waals surface area contributed by atoms with Crippen LogP contribution in [0.3, 0.4) is 0 Å². The minimum atomic E-state index is 0.930. The van der Waals surface area contributed by atoms with E-state index in [1.807, 2.05) is 0 Å². The van der Waals surface area contributed by atoms with Crippen LogP contribution in [0.5, 0.6) is 0 Å². The molecule has 1 heteroatoms. The molecule has 1 aliphatic rings. The normalized spacial score (nSPS) is 13.1. The maximum Gasteiger partial charge on any atom is 0.143 e. The first-order valence-electron chi connectivity index (χ1n) is 16.5. The molecule has 1 heterocycles. The zero-order chi connectivity index (χ0) is 30.9. The van der Waals surface area contributed by atoms with Gasteiger partial charge in [0.1, 0.15) is 11.0 Å². The maximum absolute atomic E-state index is 7.09. The Kier molecular flexibility index (Phi) is 5.77. The first-order chi connectivity index (χ1) is 23.3. The largest absolute Gasteiger partial charge is 0.455 e. The molecule has 0 amide bonds. The predicted molar refractivity (Wildman–Crippen MR) is 199 cm³/mol. The average Bonchev–Trinajstić information content (AvgIpc) is 3.55. The number of furan rings is 1. The molecular formula is C46H30O. The lowest BCUT2D eigenvalue weighted by molar-refractivity contribution is 0.571. The molecule has 0 spiro atoms.